The van der Waals surface area contributed by atoms with Crippen molar-refractivity contribution in [3.8, 4) is 0 Å². The molecule has 3 heteroatoms. The maximum Gasteiger partial charge on any atom is 0.302 e. The molecule has 3 nitrogen and oxygen atoms in total. The zero-order valence-corrected chi connectivity index (χ0v) is 16.4. The lowest BCUT2D eigenvalue weighted by atomic mass is 9.56. The van der Waals surface area contributed by atoms with Gasteiger partial charge >= 0.3 is 5.97 Å². The van der Waals surface area contributed by atoms with E-state index in [0.29, 0.717) is 12.2 Å². The normalized spacial score (nSPS) is 29.6. The van der Waals surface area contributed by atoms with Crippen LogP contribution in [0.15, 0.2) is 42.0 Å². The number of aryl methyl sites for hydroxylation is 1. The Morgan fingerprint density at radius 2 is 1.85 bits per heavy atom. The largest absolute Gasteiger partial charge is 0.462 e. The molecular weight excluding hydrogens is 324 g/mol. The first-order valence-electron chi connectivity index (χ1n) is 9.65. The highest BCUT2D eigenvalue weighted by molar-refractivity contribution is 5.85. The van der Waals surface area contributed by atoms with Crippen LogP contribution in [0.2, 0.25) is 0 Å². The van der Waals surface area contributed by atoms with Crippen LogP contribution in [-0.2, 0) is 20.7 Å². The first kappa shape index (κ1) is 18.9. The molecule has 0 amide bonds. The summed E-state index contributed by atoms with van der Waals surface area (Å²) in [4.78, 5) is 24.6. The van der Waals surface area contributed by atoms with Crippen molar-refractivity contribution < 1.29 is 14.3 Å². The summed E-state index contributed by atoms with van der Waals surface area (Å²) >= 11 is 0. The van der Waals surface area contributed by atoms with Crippen molar-refractivity contribution in [3.05, 3.63) is 47.5 Å². The van der Waals surface area contributed by atoms with E-state index in [1.165, 1.54) is 18.1 Å². The topological polar surface area (TPSA) is 43.4 Å². The molecule has 1 fully saturated rings. The lowest BCUT2D eigenvalue weighted by Crippen LogP contribution is -2.46. The number of hydrogen-bond acceptors (Lipinski definition) is 3. The lowest BCUT2D eigenvalue weighted by molar-refractivity contribution is -0.152. The standard InChI is InChI=1S/C23H30O3/c1-16(24)26-19-12-11-18-14-23(4,15-22(2,3)21(18)19)20(25)13-10-17-8-6-5-7-9-17/h5-9,11,19,21H,10,12-15H2,1-4H3/t19-,21-,23+/m0/s1. The number of hydrogen-bond donors (Lipinski definition) is 0. The molecule has 26 heavy (non-hydrogen) atoms. The number of benzene rings is 1. The van der Waals surface area contributed by atoms with Gasteiger partial charge in [0.2, 0.25) is 0 Å². The minimum Gasteiger partial charge on any atom is -0.462 e. The molecule has 0 aromatic heterocycles. The van der Waals surface area contributed by atoms with Crippen molar-refractivity contribution in [3.63, 3.8) is 0 Å². The number of carbonyl (C=O) groups is 2. The summed E-state index contributed by atoms with van der Waals surface area (Å²) in [6, 6.07) is 10.2. The van der Waals surface area contributed by atoms with E-state index in [9.17, 15) is 9.59 Å². The maximum atomic E-state index is 13.1. The van der Waals surface area contributed by atoms with Gasteiger partial charge in [0.15, 0.2) is 0 Å². The van der Waals surface area contributed by atoms with Crippen molar-refractivity contribution in [2.75, 3.05) is 0 Å². The fraction of sp³-hybridized carbons (Fsp3) is 0.565. The molecule has 0 heterocycles. The Kier molecular flexibility index (Phi) is 5.09. The minimum absolute atomic E-state index is 0.0577. The van der Waals surface area contributed by atoms with Gasteiger partial charge in [0.25, 0.3) is 0 Å². The predicted octanol–water partition coefficient (Wildman–Crippen LogP) is 4.89. The van der Waals surface area contributed by atoms with Crippen LogP contribution in [0.3, 0.4) is 0 Å². The molecule has 1 aromatic carbocycles. The number of ether oxygens (including phenoxy) is 1. The summed E-state index contributed by atoms with van der Waals surface area (Å²) < 4.78 is 5.57. The van der Waals surface area contributed by atoms with E-state index in [4.69, 9.17) is 4.74 Å². The third kappa shape index (κ3) is 3.77. The summed E-state index contributed by atoms with van der Waals surface area (Å²) in [6.45, 7) is 8.04. The average molecular weight is 354 g/mol. The third-order valence-electron chi connectivity index (χ3n) is 6.14. The Balaban J connectivity index is 1.72. The third-order valence-corrected chi connectivity index (χ3v) is 6.14. The molecule has 0 saturated heterocycles. The first-order valence-corrected chi connectivity index (χ1v) is 9.65. The fourth-order valence-electron chi connectivity index (χ4n) is 5.32. The Bertz CT molecular complexity index is 716. The second-order valence-electron chi connectivity index (χ2n) is 8.95. The van der Waals surface area contributed by atoms with Crippen LogP contribution in [0.5, 0.6) is 0 Å². The van der Waals surface area contributed by atoms with Crippen LogP contribution in [0.1, 0.15) is 58.9 Å². The molecule has 3 atom stereocenters. The maximum absolute atomic E-state index is 13.1. The van der Waals surface area contributed by atoms with E-state index >= 15 is 0 Å². The van der Waals surface area contributed by atoms with Gasteiger partial charge in [-0.1, -0.05) is 62.8 Å². The number of esters is 1. The molecule has 140 valence electrons. The minimum atomic E-state index is -0.328. The van der Waals surface area contributed by atoms with Gasteiger partial charge in [-0.3, -0.25) is 9.59 Å². The van der Waals surface area contributed by atoms with E-state index in [1.54, 1.807) is 0 Å². The second-order valence-corrected chi connectivity index (χ2v) is 8.95. The Labute approximate surface area is 156 Å². The molecule has 2 aliphatic rings. The Morgan fingerprint density at radius 1 is 1.15 bits per heavy atom. The van der Waals surface area contributed by atoms with Gasteiger partial charge in [0.05, 0.1) is 0 Å². The molecule has 1 aromatic rings. The molecule has 3 rings (SSSR count). The average Bonchev–Trinajstić information content (AvgIpc) is 2.95. The first-order chi connectivity index (χ1) is 12.2. The van der Waals surface area contributed by atoms with Gasteiger partial charge in [-0.05, 0) is 30.2 Å². The molecule has 0 aliphatic heterocycles. The zero-order chi connectivity index (χ0) is 18.9. The molecule has 0 unspecified atom stereocenters. The number of carbonyl (C=O) groups excluding carboxylic acids is 2. The summed E-state index contributed by atoms with van der Waals surface area (Å²) in [7, 11) is 0. The number of Topliss-reactive ketones (excluding diaryl/α,β-unsaturated/α-hetero) is 1. The van der Waals surface area contributed by atoms with Crippen LogP contribution in [0.25, 0.3) is 0 Å². The highest BCUT2D eigenvalue weighted by atomic mass is 16.5. The van der Waals surface area contributed by atoms with E-state index in [0.717, 1.165) is 25.7 Å². The van der Waals surface area contributed by atoms with Crippen LogP contribution < -0.4 is 0 Å². The van der Waals surface area contributed by atoms with Crippen molar-refractivity contribution >= 4 is 11.8 Å². The molecule has 0 radical (unpaired) electrons. The predicted molar refractivity (Wildman–Crippen MR) is 103 cm³/mol. The van der Waals surface area contributed by atoms with Gasteiger partial charge in [0, 0.05) is 31.1 Å². The van der Waals surface area contributed by atoms with Crippen LogP contribution in [-0.4, -0.2) is 17.9 Å². The van der Waals surface area contributed by atoms with E-state index < -0.39 is 0 Å². The van der Waals surface area contributed by atoms with Crippen molar-refractivity contribution in [1.29, 1.82) is 0 Å². The summed E-state index contributed by atoms with van der Waals surface area (Å²) in [5, 5.41) is 0. The zero-order valence-electron chi connectivity index (χ0n) is 16.4. The van der Waals surface area contributed by atoms with Gasteiger partial charge in [0.1, 0.15) is 11.9 Å². The summed E-state index contributed by atoms with van der Waals surface area (Å²) in [5.74, 6) is 0.374. The SMILES string of the molecule is CC(=O)O[C@H]1CC=C2C[C@@](C)(C(=O)CCc3ccccc3)CC(C)(C)[C@@H]21. The van der Waals surface area contributed by atoms with E-state index in [1.807, 2.05) is 18.2 Å². The van der Waals surface area contributed by atoms with Gasteiger partial charge in [-0.15, -0.1) is 0 Å². The highest BCUT2D eigenvalue weighted by Gasteiger charge is 2.52. The fourth-order valence-corrected chi connectivity index (χ4v) is 5.32. The number of ketones is 1. The second kappa shape index (κ2) is 7.02. The number of fused-ring (bicyclic) bond motifs is 1. The monoisotopic (exact) mass is 354 g/mol. The van der Waals surface area contributed by atoms with Crippen LogP contribution in [0, 0.1) is 16.7 Å². The van der Waals surface area contributed by atoms with Gasteiger partial charge in [-0.25, -0.2) is 0 Å². The molecule has 1 saturated carbocycles. The molecular formula is C23H30O3. The Hall–Kier alpha value is -1.90. The van der Waals surface area contributed by atoms with Crippen molar-refractivity contribution in [2.45, 2.75) is 65.9 Å². The number of rotatable bonds is 5. The Morgan fingerprint density at radius 3 is 2.50 bits per heavy atom. The molecule has 0 bridgehead atoms. The van der Waals surface area contributed by atoms with Crippen molar-refractivity contribution in [1.82, 2.24) is 0 Å². The molecule has 0 N–H and O–H groups in total. The van der Waals surface area contributed by atoms with Gasteiger partial charge < -0.3 is 4.74 Å². The molecule has 2 aliphatic carbocycles. The summed E-state index contributed by atoms with van der Waals surface area (Å²) in [6.07, 6.45) is 5.94. The lowest BCUT2D eigenvalue weighted by Gasteiger charge is -2.48. The summed E-state index contributed by atoms with van der Waals surface area (Å²) in [5.41, 5.74) is 2.14. The highest BCUT2D eigenvalue weighted by Crippen LogP contribution is 2.56. The van der Waals surface area contributed by atoms with Gasteiger partial charge in [-0.2, -0.15) is 0 Å². The van der Waals surface area contributed by atoms with Crippen LogP contribution >= 0.6 is 0 Å². The smallest absolute Gasteiger partial charge is 0.302 e. The molecule has 0 spiro atoms. The van der Waals surface area contributed by atoms with Crippen molar-refractivity contribution in [2.24, 2.45) is 16.7 Å². The van der Waals surface area contributed by atoms with E-state index in [-0.39, 0.29) is 28.8 Å². The van der Waals surface area contributed by atoms with Crippen LogP contribution in [0.4, 0.5) is 0 Å². The van der Waals surface area contributed by atoms with E-state index in [2.05, 4.69) is 39.0 Å². The quantitative estimate of drug-likeness (QED) is 0.558.